The number of piperidine rings is 1. The van der Waals surface area contributed by atoms with E-state index in [1.165, 1.54) is 6.26 Å². The molecule has 1 aliphatic heterocycles. The van der Waals surface area contributed by atoms with Crippen LogP contribution in [0.1, 0.15) is 73.9 Å². The second-order valence-corrected chi connectivity index (χ2v) is 11.4. The molecule has 11 nitrogen and oxygen atoms in total. The average molecular weight is 569 g/mol. The fourth-order valence-corrected chi connectivity index (χ4v) is 6.18. The van der Waals surface area contributed by atoms with Crippen LogP contribution in [0.2, 0.25) is 0 Å². The zero-order chi connectivity index (χ0) is 29.4. The number of hydrogen-bond donors (Lipinski definition) is 2. The molecule has 2 aliphatic rings. The van der Waals surface area contributed by atoms with E-state index in [9.17, 15) is 29.4 Å². The standard InChI is InChI=1S/C30H40N4O7/c1-22-7-8-25(31-19-22)34(29(40)24-6-5-17-41-24)23-9-14-32(15-10-23)16-13-30(11-3-2-4-12-30)18-26(35)33(20-27(36)37)21-28(38)39/h5-8,17,19,23H,2-4,9-16,18,20-21H2,1H3,(H,36,37)(H,38,39). The topological polar surface area (TPSA) is 144 Å². The molecule has 1 saturated carbocycles. The van der Waals surface area contributed by atoms with Crippen molar-refractivity contribution in [3.8, 4) is 0 Å². The van der Waals surface area contributed by atoms with Crippen molar-refractivity contribution in [2.24, 2.45) is 5.41 Å². The molecule has 2 aromatic heterocycles. The summed E-state index contributed by atoms with van der Waals surface area (Å²) in [5, 5.41) is 18.4. The number of anilines is 1. The van der Waals surface area contributed by atoms with E-state index < -0.39 is 30.9 Å². The Morgan fingerprint density at radius 3 is 2.27 bits per heavy atom. The van der Waals surface area contributed by atoms with Gasteiger partial charge in [-0.15, -0.1) is 0 Å². The number of likely N-dealkylation sites (tertiary alicyclic amines) is 1. The Bertz CT molecular complexity index is 1170. The Balaban J connectivity index is 1.39. The lowest BCUT2D eigenvalue weighted by Crippen LogP contribution is -2.48. The largest absolute Gasteiger partial charge is 0.480 e. The molecule has 41 heavy (non-hydrogen) atoms. The van der Waals surface area contributed by atoms with E-state index in [4.69, 9.17) is 4.42 Å². The Hall–Kier alpha value is -3.73. The van der Waals surface area contributed by atoms with Gasteiger partial charge in [-0.3, -0.25) is 24.1 Å². The quantitative estimate of drug-likeness (QED) is 0.390. The van der Waals surface area contributed by atoms with Crippen molar-refractivity contribution in [1.29, 1.82) is 0 Å². The summed E-state index contributed by atoms with van der Waals surface area (Å²) in [5.41, 5.74) is 0.743. The van der Waals surface area contributed by atoms with E-state index in [0.717, 1.165) is 81.5 Å². The van der Waals surface area contributed by atoms with E-state index in [-0.39, 0.29) is 29.5 Å². The number of hydrogen-bond acceptors (Lipinski definition) is 7. The summed E-state index contributed by atoms with van der Waals surface area (Å²) in [4.78, 5) is 58.6. The molecule has 1 saturated heterocycles. The van der Waals surface area contributed by atoms with Crippen LogP contribution >= 0.6 is 0 Å². The van der Waals surface area contributed by atoms with Crippen LogP contribution in [0.15, 0.2) is 41.1 Å². The summed E-state index contributed by atoms with van der Waals surface area (Å²) in [6.45, 7) is 3.08. The van der Waals surface area contributed by atoms with Gasteiger partial charge in [-0.05, 0) is 74.8 Å². The summed E-state index contributed by atoms with van der Waals surface area (Å²) in [6.07, 6.45) is 10.6. The number of carboxylic acid groups (broad SMARTS) is 2. The first-order valence-corrected chi connectivity index (χ1v) is 14.4. The normalized spacial score (nSPS) is 17.6. The smallest absolute Gasteiger partial charge is 0.323 e. The van der Waals surface area contributed by atoms with Crippen molar-refractivity contribution in [3.63, 3.8) is 0 Å². The van der Waals surface area contributed by atoms with E-state index in [2.05, 4.69) is 9.88 Å². The van der Waals surface area contributed by atoms with Crippen LogP contribution < -0.4 is 4.90 Å². The number of furan rings is 1. The average Bonchev–Trinajstić information content (AvgIpc) is 3.49. The van der Waals surface area contributed by atoms with Crippen LogP contribution in [-0.4, -0.2) is 87.5 Å². The van der Waals surface area contributed by atoms with Crippen LogP contribution in [0.4, 0.5) is 5.82 Å². The summed E-state index contributed by atoms with van der Waals surface area (Å²) in [6, 6.07) is 7.14. The summed E-state index contributed by atoms with van der Waals surface area (Å²) in [7, 11) is 0. The minimum absolute atomic E-state index is 0.0372. The maximum Gasteiger partial charge on any atom is 0.323 e. The molecule has 2 amide bonds. The van der Waals surface area contributed by atoms with Crippen molar-refractivity contribution in [3.05, 3.63) is 48.0 Å². The van der Waals surface area contributed by atoms with Gasteiger partial charge < -0.3 is 24.4 Å². The van der Waals surface area contributed by atoms with Gasteiger partial charge >= 0.3 is 11.9 Å². The molecule has 11 heteroatoms. The number of nitrogens with zero attached hydrogens (tertiary/aromatic N) is 4. The van der Waals surface area contributed by atoms with Crippen molar-refractivity contribution in [2.45, 2.75) is 70.8 Å². The molecule has 0 bridgehead atoms. The van der Waals surface area contributed by atoms with Gasteiger partial charge in [-0.1, -0.05) is 25.3 Å². The molecule has 1 aliphatic carbocycles. The molecule has 0 radical (unpaired) electrons. The Morgan fingerprint density at radius 1 is 1.02 bits per heavy atom. The van der Waals surface area contributed by atoms with Crippen LogP contribution in [-0.2, 0) is 14.4 Å². The maximum absolute atomic E-state index is 13.4. The van der Waals surface area contributed by atoms with E-state index in [0.29, 0.717) is 5.82 Å². The van der Waals surface area contributed by atoms with Gasteiger partial charge in [-0.2, -0.15) is 0 Å². The lowest BCUT2D eigenvalue weighted by Gasteiger charge is -2.41. The van der Waals surface area contributed by atoms with Crippen LogP contribution in [0.25, 0.3) is 0 Å². The predicted molar refractivity (Wildman–Crippen MR) is 151 cm³/mol. The van der Waals surface area contributed by atoms with Gasteiger partial charge in [0.25, 0.3) is 5.91 Å². The summed E-state index contributed by atoms with van der Waals surface area (Å²) in [5.74, 6) is -2.19. The van der Waals surface area contributed by atoms with E-state index in [1.807, 2.05) is 19.1 Å². The molecule has 0 atom stereocenters. The monoisotopic (exact) mass is 568 g/mol. The van der Waals surface area contributed by atoms with Gasteiger partial charge in [0, 0.05) is 31.7 Å². The molecule has 222 valence electrons. The van der Waals surface area contributed by atoms with Crippen LogP contribution in [0, 0.1) is 12.3 Å². The number of amides is 2. The first-order chi connectivity index (χ1) is 19.7. The molecular weight excluding hydrogens is 528 g/mol. The number of pyridine rings is 1. The number of aromatic nitrogens is 1. The number of carbonyl (C=O) groups is 4. The molecule has 4 rings (SSSR count). The highest BCUT2D eigenvalue weighted by atomic mass is 16.4. The minimum atomic E-state index is -1.22. The highest BCUT2D eigenvalue weighted by molar-refractivity contribution is 6.04. The molecule has 0 spiro atoms. The third-order valence-electron chi connectivity index (χ3n) is 8.42. The number of carboxylic acids is 2. The van der Waals surface area contributed by atoms with Crippen LogP contribution in [0.3, 0.4) is 0 Å². The first kappa shape index (κ1) is 30.2. The SMILES string of the molecule is Cc1ccc(N(C(=O)c2ccco2)C2CCN(CCC3(CC(=O)N(CC(=O)O)CC(=O)O)CCCCC3)CC2)nc1. The van der Waals surface area contributed by atoms with Gasteiger partial charge in [0.1, 0.15) is 18.9 Å². The van der Waals surface area contributed by atoms with Crippen molar-refractivity contribution in [1.82, 2.24) is 14.8 Å². The van der Waals surface area contributed by atoms with Gasteiger partial charge in [-0.25, -0.2) is 4.98 Å². The van der Waals surface area contributed by atoms with E-state index in [1.54, 1.807) is 23.2 Å². The number of aryl methyl sites for hydroxylation is 1. The van der Waals surface area contributed by atoms with Crippen molar-refractivity contribution in [2.75, 3.05) is 37.6 Å². The predicted octanol–water partition coefficient (Wildman–Crippen LogP) is 3.82. The lowest BCUT2D eigenvalue weighted by molar-refractivity contribution is -0.150. The van der Waals surface area contributed by atoms with Gasteiger partial charge in [0.15, 0.2) is 5.76 Å². The van der Waals surface area contributed by atoms with Crippen LogP contribution in [0.5, 0.6) is 0 Å². The Kier molecular flexibility index (Phi) is 10.1. The third kappa shape index (κ3) is 8.16. The van der Waals surface area contributed by atoms with Gasteiger partial charge in [0.05, 0.1) is 6.26 Å². The second-order valence-electron chi connectivity index (χ2n) is 11.4. The fraction of sp³-hybridized carbons (Fsp3) is 0.567. The fourth-order valence-electron chi connectivity index (χ4n) is 6.18. The van der Waals surface area contributed by atoms with Crippen molar-refractivity contribution >= 4 is 29.6 Å². The highest BCUT2D eigenvalue weighted by Gasteiger charge is 2.38. The molecule has 0 aromatic carbocycles. The summed E-state index contributed by atoms with van der Waals surface area (Å²) >= 11 is 0. The molecular formula is C30H40N4O7. The number of carbonyl (C=O) groups excluding carboxylic acids is 2. The highest BCUT2D eigenvalue weighted by Crippen LogP contribution is 2.43. The first-order valence-electron chi connectivity index (χ1n) is 14.4. The number of aliphatic carboxylic acids is 2. The Morgan fingerprint density at radius 2 is 1.71 bits per heavy atom. The molecule has 2 N–H and O–H groups in total. The Labute approximate surface area is 240 Å². The minimum Gasteiger partial charge on any atom is -0.480 e. The third-order valence-corrected chi connectivity index (χ3v) is 8.42. The molecule has 0 unspecified atom stereocenters. The summed E-state index contributed by atoms with van der Waals surface area (Å²) < 4.78 is 5.42. The molecule has 2 aromatic rings. The zero-order valence-corrected chi connectivity index (χ0v) is 23.7. The van der Waals surface area contributed by atoms with E-state index >= 15 is 0 Å². The number of rotatable bonds is 12. The lowest BCUT2D eigenvalue weighted by atomic mass is 9.69. The molecule has 3 heterocycles. The zero-order valence-electron chi connectivity index (χ0n) is 23.7. The molecule has 2 fully saturated rings. The maximum atomic E-state index is 13.4. The second kappa shape index (κ2) is 13.8. The van der Waals surface area contributed by atoms with Crippen molar-refractivity contribution < 1.29 is 33.8 Å². The van der Waals surface area contributed by atoms with Gasteiger partial charge in [0.2, 0.25) is 5.91 Å².